The average molecular weight is 417 g/mol. The highest BCUT2D eigenvalue weighted by atomic mass is 32.2. The molecule has 1 saturated heterocycles. The molecule has 1 unspecified atom stereocenters. The van der Waals surface area contributed by atoms with E-state index < -0.39 is 21.8 Å². The Labute approximate surface area is 166 Å². The molecule has 1 atom stereocenters. The van der Waals surface area contributed by atoms with Gasteiger partial charge in [-0.3, -0.25) is 19.7 Å². The number of amides is 3. The van der Waals surface area contributed by atoms with Gasteiger partial charge in [0.15, 0.2) is 0 Å². The van der Waals surface area contributed by atoms with Crippen LogP contribution in [0.2, 0.25) is 0 Å². The van der Waals surface area contributed by atoms with Gasteiger partial charge in [-0.1, -0.05) is 5.21 Å². The van der Waals surface area contributed by atoms with E-state index in [1.165, 1.54) is 15.8 Å². The minimum absolute atomic E-state index is 0.00863. The molecule has 3 amide bonds. The third-order valence-electron chi connectivity index (χ3n) is 5.04. The molecule has 3 heterocycles. The number of imide groups is 1. The Bertz CT molecular complexity index is 1120. The second-order valence-corrected chi connectivity index (χ2v) is 9.54. The maximum atomic E-state index is 12.7. The van der Waals surface area contributed by atoms with Crippen LogP contribution in [0.5, 0.6) is 0 Å². The van der Waals surface area contributed by atoms with Crippen LogP contribution in [0.25, 0.3) is 5.69 Å². The molecule has 2 aliphatic heterocycles. The maximum Gasteiger partial charge on any atom is 0.255 e. The van der Waals surface area contributed by atoms with Gasteiger partial charge in [0.2, 0.25) is 11.8 Å². The van der Waals surface area contributed by atoms with Crippen molar-refractivity contribution < 1.29 is 22.8 Å². The number of hydrogen-bond acceptors (Lipinski definition) is 7. The number of benzene rings is 1. The fraction of sp³-hybridized carbons (Fsp3) is 0.389. The van der Waals surface area contributed by atoms with Crippen molar-refractivity contribution in [2.75, 3.05) is 12.0 Å². The first kappa shape index (κ1) is 19.2. The Morgan fingerprint density at radius 3 is 2.76 bits per heavy atom. The zero-order valence-corrected chi connectivity index (χ0v) is 16.5. The quantitative estimate of drug-likeness (QED) is 0.656. The molecule has 1 N–H and O–H groups in total. The Morgan fingerprint density at radius 1 is 1.24 bits per heavy atom. The molecule has 0 aliphatic carbocycles. The minimum Gasteiger partial charge on any atom is -0.322 e. The Kier molecular flexibility index (Phi) is 4.69. The van der Waals surface area contributed by atoms with E-state index in [0.717, 1.165) is 5.56 Å². The molecule has 2 aliphatic rings. The van der Waals surface area contributed by atoms with E-state index >= 15 is 0 Å². The van der Waals surface area contributed by atoms with Gasteiger partial charge in [-0.05, 0) is 30.2 Å². The number of aromatic nitrogens is 3. The monoisotopic (exact) mass is 417 g/mol. The zero-order valence-electron chi connectivity index (χ0n) is 15.7. The van der Waals surface area contributed by atoms with Gasteiger partial charge in [0.25, 0.3) is 5.91 Å². The lowest BCUT2D eigenvalue weighted by Crippen LogP contribution is -2.52. The predicted octanol–water partition coefficient (Wildman–Crippen LogP) is -0.385. The van der Waals surface area contributed by atoms with E-state index in [4.69, 9.17) is 0 Å². The molecule has 0 radical (unpaired) electrons. The van der Waals surface area contributed by atoms with Gasteiger partial charge in [0.1, 0.15) is 15.9 Å². The standard InChI is InChI=1S/C18H19N5O5S/c1-29(27,28)7-6-12-10-23(21-20-12)13-2-3-14-11(8-13)9-22(18(14)26)15-4-5-16(24)19-17(15)25/h2-3,8,10,15H,4-7,9H2,1H3,(H,19,24,25). The van der Waals surface area contributed by atoms with E-state index in [0.29, 0.717) is 23.4 Å². The van der Waals surface area contributed by atoms with Crippen LogP contribution in [-0.4, -0.2) is 64.1 Å². The van der Waals surface area contributed by atoms with Crippen LogP contribution < -0.4 is 5.32 Å². The van der Waals surface area contributed by atoms with Crippen molar-refractivity contribution in [3.8, 4) is 5.69 Å². The Morgan fingerprint density at radius 2 is 2.03 bits per heavy atom. The summed E-state index contributed by atoms with van der Waals surface area (Å²) in [6, 6.07) is 4.54. The SMILES string of the molecule is CS(=O)(=O)CCc1cn(-c2ccc3c(c2)CN(C2CCC(=O)NC2=O)C3=O)nn1. The third-order valence-corrected chi connectivity index (χ3v) is 5.99. The van der Waals surface area contributed by atoms with Gasteiger partial charge >= 0.3 is 0 Å². The molecule has 4 rings (SSSR count). The summed E-state index contributed by atoms with van der Waals surface area (Å²) in [6.07, 6.45) is 3.61. The van der Waals surface area contributed by atoms with E-state index in [-0.39, 0.29) is 37.0 Å². The fourth-order valence-electron chi connectivity index (χ4n) is 3.53. The lowest BCUT2D eigenvalue weighted by Gasteiger charge is -2.29. The van der Waals surface area contributed by atoms with Crippen LogP contribution in [0, 0.1) is 0 Å². The van der Waals surface area contributed by atoms with Crippen LogP contribution in [0.3, 0.4) is 0 Å². The van der Waals surface area contributed by atoms with Crippen LogP contribution in [0.15, 0.2) is 24.4 Å². The lowest BCUT2D eigenvalue weighted by atomic mass is 10.0. The first-order valence-electron chi connectivity index (χ1n) is 9.08. The maximum absolute atomic E-state index is 12.7. The number of carbonyl (C=O) groups is 3. The molecule has 1 aromatic carbocycles. The largest absolute Gasteiger partial charge is 0.322 e. The summed E-state index contributed by atoms with van der Waals surface area (Å²) in [6.45, 7) is 0.268. The Hall–Kier alpha value is -3.08. The summed E-state index contributed by atoms with van der Waals surface area (Å²) >= 11 is 0. The van der Waals surface area contributed by atoms with Crippen LogP contribution in [-0.2, 0) is 32.4 Å². The van der Waals surface area contributed by atoms with Gasteiger partial charge in [-0.15, -0.1) is 5.10 Å². The van der Waals surface area contributed by atoms with E-state index in [9.17, 15) is 22.8 Å². The molecule has 1 fully saturated rings. The molecule has 29 heavy (non-hydrogen) atoms. The van der Waals surface area contributed by atoms with Crippen LogP contribution in [0.4, 0.5) is 0 Å². The second-order valence-electron chi connectivity index (χ2n) is 7.28. The van der Waals surface area contributed by atoms with Crippen molar-refractivity contribution in [3.63, 3.8) is 0 Å². The zero-order chi connectivity index (χ0) is 20.8. The summed E-state index contributed by atoms with van der Waals surface area (Å²) in [5.74, 6) is -1.02. The van der Waals surface area contributed by atoms with Crippen LogP contribution >= 0.6 is 0 Å². The van der Waals surface area contributed by atoms with Gasteiger partial charge in [-0.25, -0.2) is 13.1 Å². The third kappa shape index (κ3) is 3.90. The van der Waals surface area contributed by atoms with E-state index in [1.54, 1.807) is 24.4 Å². The highest BCUT2D eigenvalue weighted by molar-refractivity contribution is 7.90. The van der Waals surface area contributed by atoms with Crippen molar-refractivity contribution in [3.05, 3.63) is 41.2 Å². The number of fused-ring (bicyclic) bond motifs is 1. The first-order chi connectivity index (χ1) is 13.7. The van der Waals surface area contributed by atoms with Gasteiger partial charge in [0.05, 0.1) is 23.3 Å². The number of aryl methyl sites for hydroxylation is 1. The minimum atomic E-state index is -3.09. The predicted molar refractivity (Wildman–Crippen MR) is 101 cm³/mol. The van der Waals surface area contributed by atoms with Crippen molar-refractivity contribution >= 4 is 27.6 Å². The lowest BCUT2D eigenvalue weighted by molar-refractivity contribution is -0.136. The summed E-state index contributed by atoms with van der Waals surface area (Å²) in [4.78, 5) is 37.7. The number of rotatable bonds is 5. The molecule has 10 nitrogen and oxygen atoms in total. The van der Waals surface area contributed by atoms with Crippen molar-refractivity contribution in [1.82, 2.24) is 25.2 Å². The van der Waals surface area contributed by atoms with Gasteiger partial charge in [-0.2, -0.15) is 0 Å². The number of nitrogens with zero attached hydrogens (tertiary/aromatic N) is 4. The smallest absolute Gasteiger partial charge is 0.255 e. The summed E-state index contributed by atoms with van der Waals surface area (Å²) in [5, 5.41) is 10.3. The highest BCUT2D eigenvalue weighted by Gasteiger charge is 2.39. The number of sulfone groups is 1. The van der Waals surface area contributed by atoms with Crippen molar-refractivity contribution in [2.45, 2.75) is 31.8 Å². The summed E-state index contributed by atoms with van der Waals surface area (Å²) in [5.41, 5.74) is 2.50. The van der Waals surface area contributed by atoms with Gasteiger partial charge < -0.3 is 4.90 Å². The molecule has 0 saturated carbocycles. The molecule has 0 spiro atoms. The fourth-order valence-corrected chi connectivity index (χ4v) is 4.11. The average Bonchev–Trinajstić information content (AvgIpc) is 3.24. The molecule has 152 valence electrons. The highest BCUT2D eigenvalue weighted by Crippen LogP contribution is 2.29. The molecule has 1 aromatic heterocycles. The molecular weight excluding hydrogens is 398 g/mol. The number of hydrogen-bond donors (Lipinski definition) is 1. The summed E-state index contributed by atoms with van der Waals surface area (Å²) in [7, 11) is -3.09. The number of carbonyl (C=O) groups excluding carboxylic acids is 3. The van der Waals surface area contributed by atoms with E-state index in [1.807, 2.05) is 0 Å². The van der Waals surface area contributed by atoms with Gasteiger partial charge in [0, 0.05) is 31.2 Å². The molecule has 0 bridgehead atoms. The molecule has 11 heteroatoms. The summed E-state index contributed by atoms with van der Waals surface area (Å²) < 4.78 is 24.1. The molecular formula is C18H19N5O5S. The Balaban J connectivity index is 1.53. The second kappa shape index (κ2) is 7.07. The normalized spacial score (nSPS) is 19.4. The van der Waals surface area contributed by atoms with Crippen molar-refractivity contribution in [1.29, 1.82) is 0 Å². The topological polar surface area (TPSA) is 131 Å². The van der Waals surface area contributed by atoms with E-state index in [2.05, 4.69) is 15.6 Å². The first-order valence-corrected chi connectivity index (χ1v) is 11.1. The van der Waals surface area contributed by atoms with Crippen LogP contribution in [0.1, 0.15) is 34.5 Å². The van der Waals surface area contributed by atoms with Crippen molar-refractivity contribution in [2.24, 2.45) is 0 Å². The number of nitrogens with one attached hydrogen (secondary N) is 1. The number of piperidine rings is 1. The molecule has 2 aromatic rings.